The van der Waals surface area contributed by atoms with Crippen LogP contribution in [0.4, 0.5) is 0 Å². The predicted octanol–water partition coefficient (Wildman–Crippen LogP) is 4.40. The van der Waals surface area contributed by atoms with Crippen molar-refractivity contribution >= 4 is 28.3 Å². The van der Waals surface area contributed by atoms with Gasteiger partial charge in [0.2, 0.25) is 5.16 Å². The number of carbonyl (C=O) groups excluding carboxylic acids is 1. The normalized spacial score (nSPS) is 10.9. The fraction of sp³-hybridized carbons (Fsp3) is 0.0500. The largest absolute Gasteiger partial charge is 0.293 e. The molecule has 0 aliphatic carbocycles. The minimum atomic E-state index is 0.0758. The lowest BCUT2D eigenvalue weighted by Gasteiger charge is -2.02. The molecular formula is C20H15N3OS. The molecule has 0 unspecified atom stereocenters. The van der Waals surface area contributed by atoms with Crippen LogP contribution >= 0.6 is 11.8 Å². The van der Waals surface area contributed by atoms with E-state index in [-0.39, 0.29) is 5.78 Å². The van der Waals surface area contributed by atoms with Crippen molar-refractivity contribution in [1.82, 2.24) is 14.8 Å². The summed E-state index contributed by atoms with van der Waals surface area (Å²) in [6.45, 7) is 0. The highest BCUT2D eigenvalue weighted by atomic mass is 32.2. The van der Waals surface area contributed by atoms with Crippen LogP contribution in [0.1, 0.15) is 10.4 Å². The highest BCUT2D eigenvalue weighted by Crippen LogP contribution is 2.19. The molecule has 25 heavy (non-hydrogen) atoms. The van der Waals surface area contributed by atoms with Crippen LogP contribution in [0.5, 0.6) is 0 Å². The minimum Gasteiger partial charge on any atom is -0.293 e. The monoisotopic (exact) mass is 345 g/mol. The second-order valence-electron chi connectivity index (χ2n) is 5.58. The molecule has 3 aromatic carbocycles. The Kier molecular flexibility index (Phi) is 4.31. The van der Waals surface area contributed by atoms with Gasteiger partial charge in [-0.3, -0.25) is 4.79 Å². The molecule has 5 heteroatoms. The molecule has 122 valence electrons. The molecule has 4 nitrogen and oxygen atoms in total. The Morgan fingerprint density at radius 1 is 0.920 bits per heavy atom. The first kappa shape index (κ1) is 15.6. The van der Waals surface area contributed by atoms with E-state index < -0.39 is 0 Å². The predicted molar refractivity (Wildman–Crippen MR) is 100 cm³/mol. The van der Waals surface area contributed by atoms with Crippen molar-refractivity contribution in [1.29, 1.82) is 0 Å². The van der Waals surface area contributed by atoms with E-state index in [1.54, 1.807) is 11.0 Å². The van der Waals surface area contributed by atoms with Gasteiger partial charge in [-0.1, -0.05) is 66.4 Å². The summed E-state index contributed by atoms with van der Waals surface area (Å²) in [6.07, 6.45) is 1.66. The molecule has 0 aliphatic heterocycles. The van der Waals surface area contributed by atoms with Gasteiger partial charge < -0.3 is 0 Å². The van der Waals surface area contributed by atoms with E-state index in [0.717, 1.165) is 16.5 Å². The van der Waals surface area contributed by atoms with Crippen LogP contribution in [0.25, 0.3) is 16.5 Å². The summed E-state index contributed by atoms with van der Waals surface area (Å²) in [6, 6.07) is 23.6. The second kappa shape index (κ2) is 6.91. The molecule has 0 bridgehead atoms. The fourth-order valence-corrected chi connectivity index (χ4v) is 3.29. The maximum atomic E-state index is 12.5. The Labute approximate surface area is 149 Å². The van der Waals surface area contributed by atoms with Gasteiger partial charge in [0.25, 0.3) is 0 Å². The maximum Gasteiger partial charge on any atom is 0.209 e. The SMILES string of the molecule is O=C(CSc1ncn(-c2ccccc2)n1)c1ccc2ccccc2c1. The van der Waals surface area contributed by atoms with Gasteiger partial charge in [0, 0.05) is 5.56 Å². The highest BCUT2D eigenvalue weighted by molar-refractivity contribution is 7.99. The molecule has 0 saturated carbocycles. The van der Waals surface area contributed by atoms with Gasteiger partial charge in [-0.2, -0.15) is 0 Å². The van der Waals surface area contributed by atoms with Crippen LogP contribution in [0, 0.1) is 0 Å². The molecule has 0 amide bonds. The zero-order chi connectivity index (χ0) is 17.1. The van der Waals surface area contributed by atoms with Crippen LogP contribution < -0.4 is 0 Å². The van der Waals surface area contributed by atoms with E-state index in [0.29, 0.717) is 16.5 Å². The van der Waals surface area contributed by atoms with E-state index in [1.807, 2.05) is 72.8 Å². The van der Waals surface area contributed by atoms with Crippen LogP contribution in [0.3, 0.4) is 0 Å². The number of aromatic nitrogens is 3. The maximum absolute atomic E-state index is 12.5. The first-order valence-electron chi connectivity index (χ1n) is 7.91. The second-order valence-corrected chi connectivity index (χ2v) is 6.52. The number of fused-ring (bicyclic) bond motifs is 1. The molecule has 0 N–H and O–H groups in total. The Balaban J connectivity index is 1.45. The van der Waals surface area contributed by atoms with Gasteiger partial charge in [-0.25, -0.2) is 9.67 Å². The van der Waals surface area contributed by atoms with Gasteiger partial charge >= 0.3 is 0 Å². The number of ketones is 1. The number of benzene rings is 3. The van der Waals surface area contributed by atoms with Crippen LogP contribution in [0.15, 0.2) is 84.3 Å². The van der Waals surface area contributed by atoms with E-state index in [2.05, 4.69) is 10.1 Å². The molecule has 0 aliphatic rings. The van der Waals surface area contributed by atoms with Gasteiger partial charge in [0.1, 0.15) is 6.33 Å². The third kappa shape index (κ3) is 3.46. The zero-order valence-corrected chi connectivity index (χ0v) is 14.2. The number of rotatable bonds is 5. The molecule has 1 heterocycles. The first-order chi connectivity index (χ1) is 12.3. The smallest absolute Gasteiger partial charge is 0.209 e. The van der Waals surface area contributed by atoms with Crippen LogP contribution in [-0.2, 0) is 0 Å². The summed E-state index contributed by atoms with van der Waals surface area (Å²) in [5.41, 5.74) is 1.66. The number of nitrogens with zero attached hydrogens (tertiary/aromatic N) is 3. The number of Topliss-reactive ketones (excluding diaryl/α,β-unsaturated/α-hetero) is 1. The minimum absolute atomic E-state index is 0.0758. The molecule has 0 saturated heterocycles. The molecule has 0 fully saturated rings. The van der Waals surface area contributed by atoms with Gasteiger partial charge in [-0.15, -0.1) is 5.10 Å². The van der Waals surface area contributed by atoms with Gasteiger partial charge in [-0.05, 0) is 29.0 Å². The molecule has 0 atom stereocenters. The quantitative estimate of drug-likeness (QED) is 0.397. The first-order valence-corrected chi connectivity index (χ1v) is 8.90. The number of para-hydroxylation sites is 1. The number of carbonyl (C=O) groups is 1. The highest BCUT2D eigenvalue weighted by Gasteiger charge is 2.10. The zero-order valence-electron chi connectivity index (χ0n) is 13.4. The Morgan fingerprint density at radius 3 is 2.52 bits per heavy atom. The Hall–Kier alpha value is -2.92. The third-order valence-electron chi connectivity index (χ3n) is 3.90. The number of hydrogen-bond acceptors (Lipinski definition) is 4. The Bertz CT molecular complexity index is 1030. The summed E-state index contributed by atoms with van der Waals surface area (Å²) in [4.78, 5) is 16.7. The summed E-state index contributed by atoms with van der Waals surface area (Å²) in [5, 5.41) is 7.22. The average Bonchev–Trinajstić information content (AvgIpc) is 3.15. The Morgan fingerprint density at radius 2 is 1.68 bits per heavy atom. The summed E-state index contributed by atoms with van der Waals surface area (Å²) in [7, 11) is 0. The van der Waals surface area contributed by atoms with Gasteiger partial charge in [0.05, 0.1) is 11.4 Å². The lowest BCUT2D eigenvalue weighted by Crippen LogP contribution is -2.02. The molecule has 4 aromatic rings. The number of thioether (sulfide) groups is 1. The standard InChI is InChI=1S/C20H15N3OS/c24-19(17-11-10-15-6-4-5-7-16(15)12-17)13-25-20-21-14-23(22-20)18-8-2-1-3-9-18/h1-12,14H,13H2. The van der Waals surface area contributed by atoms with E-state index >= 15 is 0 Å². The molecular weight excluding hydrogens is 330 g/mol. The summed E-state index contributed by atoms with van der Waals surface area (Å²) in [5.74, 6) is 0.392. The third-order valence-corrected chi connectivity index (χ3v) is 4.75. The van der Waals surface area contributed by atoms with Crippen LogP contribution in [0.2, 0.25) is 0 Å². The van der Waals surface area contributed by atoms with Crippen molar-refractivity contribution in [3.05, 3.63) is 84.7 Å². The van der Waals surface area contributed by atoms with Crippen molar-refractivity contribution in [2.24, 2.45) is 0 Å². The van der Waals surface area contributed by atoms with Crippen LogP contribution in [-0.4, -0.2) is 26.3 Å². The van der Waals surface area contributed by atoms with Crippen molar-refractivity contribution in [2.45, 2.75) is 5.16 Å². The lowest BCUT2D eigenvalue weighted by molar-refractivity contribution is 0.102. The summed E-state index contributed by atoms with van der Waals surface area (Å²) < 4.78 is 1.71. The lowest BCUT2D eigenvalue weighted by atomic mass is 10.1. The molecule has 0 spiro atoms. The van der Waals surface area contributed by atoms with E-state index in [1.165, 1.54) is 11.8 Å². The molecule has 0 radical (unpaired) electrons. The molecule has 4 rings (SSSR count). The topological polar surface area (TPSA) is 47.8 Å². The average molecular weight is 345 g/mol. The van der Waals surface area contributed by atoms with E-state index in [4.69, 9.17) is 0 Å². The summed E-state index contributed by atoms with van der Waals surface area (Å²) >= 11 is 1.35. The van der Waals surface area contributed by atoms with Gasteiger partial charge in [0.15, 0.2) is 5.78 Å². The van der Waals surface area contributed by atoms with Crippen molar-refractivity contribution in [2.75, 3.05) is 5.75 Å². The van der Waals surface area contributed by atoms with Crippen molar-refractivity contribution < 1.29 is 4.79 Å². The molecule has 1 aromatic heterocycles. The number of hydrogen-bond donors (Lipinski definition) is 0. The van der Waals surface area contributed by atoms with Crippen molar-refractivity contribution in [3.8, 4) is 5.69 Å². The fourth-order valence-electron chi connectivity index (χ4n) is 2.60. The van der Waals surface area contributed by atoms with E-state index in [9.17, 15) is 4.79 Å². The van der Waals surface area contributed by atoms with Crippen molar-refractivity contribution in [3.63, 3.8) is 0 Å².